The molecule has 0 amide bonds. The summed E-state index contributed by atoms with van der Waals surface area (Å²) in [4.78, 5) is 15.5. The number of pyridine rings is 1. The van der Waals surface area contributed by atoms with Crippen molar-refractivity contribution in [3.63, 3.8) is 0 Å². The Morgan fingerprint density at radius 3 is 2.67 bits per heavy atom. The lowest BCUT2D eigenvalue weighted by molar-refractivity contribution is 0.0699. The molecule has 0 fully saturated rings. The van der Waals surface area contributed by atoms with Crippen molar-refractivity contribution in [2.24, 2.45) is 0 Å². The molecule has 0 aliphatic rings. The highest BCUT2D eigenvalue weighted by molar-refractivity contribution is 14.1. The number of rotatable bonds is 3. The minimum absolute atomic E-state index is 0.237. The second kappa shape index (κ2) is 5.69. The topological polar surface area (TPSA) is 59.4 Å². The number of aromatic carboxylic acids is 1. The van der Waals surface area contributed by atoms with Gasteiger partial charge in [0, 0.05) is 15.0 Å². The van der Waals surface area contributed by atoms with E-state index in [1.807, 2.05) is 24.3 Å². The van der Waals surface area contributed by atoms with Crippen LogP contribution in [0.25, 0.3) is 10.9 Å². The number of carbonyl (C=O) groups is 1. The molecule has 5 heteroatoms. The van der Waals surface area contributed by atoms with E-state index in [1.54, 1.807) is 30.3 Å². The Kier molecular flexibility index (Phi) is 3.74. The van der Waals surface area contributed by atoms with Crippen LogP contribution in [0.15, 0.2) is 54.6 Å². The lowest BCUT2D eigenvalue weighted by Crippen LogP contribution is -1.98. The van der Waals surface area contributed by atoms with Crippen molar-refractivity contribution < 1.29 is 14.6 Å². The van der Waals surface area contributed by atoms with Crippen molar-refractivity contribution in [3.05, 3.63) is 63.7 Å². The standard InChI is InChI=1S/C16H10INO3/c17-10-3-1-4-11(9-10)21-15-8-7-12-13(16(19)20)5-2-6-14(12)18-15/h1-9H,(H,19,20). The maximum absolute atomic E-state index is 11.2. The fourth-order valence-electron chi connectivity index (χ4n) is 2.03. The van der Waals surface area contributed by atoms with Gasteiger partial charge in [0.2, 0.25) is 5.88 Å². The second-order valence-corrected chi connectivity index (χ2v) is 5.63. The third-order valence-electron chi connectivity index (χ3n) is 2.96. The monoisotopic (exact) mass is 391 g/mol. The summed E-state index contributed by atoms with van der Waals surface area (Å²) < 4.78 is 6.77. The number of fused-ring (bicyclic) bond motifs is 1. The molecular weight excluding hydrogens is 381 g/mol. The Morgan fingerprint density at radius 2 is 1.90 bits per heavy atom. The van der Waals surface area contributed by atoms with Crippen LogP contribution in [-0.2, 0) is 0 Å². The van der Waals surface area contributed by atoms with E-state index < -0.39 is 5.97 Å². The van der Waals surface area contributed by atoms with Gasteiger partial charge in [0.1, 0.15) is 5.75 Å². The number of carboxylic acids is 1. The maximum atomic E-state index is 11.2. The number of nitrogens with zero attached hydrogens (tertiary/aromatic N) is 1. The molecule has 0 atom stereocenters. The Hall–Kier alpha value is -2.15. The lowest BCUT2D eigenvalue weighted by Gasteiger charge is -2.07. The van der Waals surface area contributed by atoms with Gasteiger partial charge in [0.05, 0.1) is 11.1 Å². The lowest BCUT2D eigenvalue weighted by atomic mass is 10.1. The zero-order valence-corrected chi connectivity index (χ0v) is 12.9. The molecule has 4 nitrogen and oxygen atoms in total. The SMILES string of the molecule is O=C(O)c1cccc2nc(Oc3cccc(I)c3)ccc12. The van der Waals surface area contributed by atoms with E-state index in [-0.39, 0.29) is 5.56 Å². The normalized spacial score (nSPS) is 10.5. The smallest absolute Gasteiger partial charge is 0.336 e. The molecule has 0 unspecified atom stereocenters. The van der Waals surface area contributed by atoms with E-state index in [9.17, 15) is 4.79 Å². The fraction of sp³-hybridized carbons (Fsp3) is 0. The molecule has 21 heavy (non-hydrogen) atoms. The summed E-state index contributed by atoms with van der Waals surface area (Å²) in [6.07, 6.45) is 0. The molecule has 0 saturated heterocycles. The molecule has 3 aromatic rings. The van der Waals surface area contributed by atoms with Crippen LogP contribution >= 0.6 is 22.6 Å². The summed E-state index contributed by atoms with van der Waals surface area (Å²) in [6, 6.07) is 16.0. The number of ether oxygens (including phenoxy) is 1. The minimum atomic E-state index is -0.964. The van der Waals surface area contributed by atoms with Gasteiger partial charge in [-0.15, -0.1) is 0 Å². The number of aromatic nitrogens is 1. The van der Waals surface area contributed by atoms with Crippen LogP contribution in [0.5, 0.6) is 11.6 Å². The average molecular weight is 391 g/mol. The van der Waals surface area contributed by atoms with Gasteiger partial charge in [-0.3, -0.25) is 0 Å². The van der Waals surface area contributed by atoms with E-state index in [2.05, 4.69) is 27.6 Å². The number of carboxylic acid groups (broad SMARTS) is 1. The Labute approximate surface area is 134 Å². The first-order valence-corrected chi connectivity index (χ1v) is 7.28. The predicted molar refractivity (Wildman–Crippen MR) is 87.9 cm³/mol. The summed E-state index contributed by atoms with van der Waals surface area (Å²) >= 11 is 2.21. The molecule has 104 valence electrons. The van der Waals surface area contributed by atoms with Crippen molar-refractivity contribution >= 4 is 39.5 Å². The van der Waals surface area contributed by atoms with E-state index in [4.69, 9.17) is 9.84 Å². The van der Waals surface area contributed by atoms with Crippen LogP contribution in [0.2, 0.25) is 0 Å². The zero-order valence-electron chi connectivity index (χ0n) is 10.8. The molecule has 0 spiro atoms. The van der Waals surface area contributed by atoms with Crippen LogP contribution in [0.4, 0.5) is 0 Å². The molecule has 0 radical (unpaired) electrons. The number of hydrogen-bond acceptors (Lipinski definition) is 3. The summed E-state index contributed by atoms with van der Waals surface area (Å²) in [6.45, 7) is 0. The maximum Gasteiger partial charge on any atom is 0.336 e. The van der Waals surface area contributed by atoms with Crippen LogP contribution in [0.3, 0.4) is 0 Å². The Morgan fingerprint density at radius 1 is 1.10 bits per heavy atom. The van der Waals surface area contributed by atoms with Crippen LogP contribution in [-0.4, -0.2) is 16.1 Å². The molecule has 0 aliphatic carbocycles. The zero-order chi connectivity index (χ0) is 14.8. The van der Waals surface area contributed by atoms with E-state index in [1.165, 1.54) is 0 Å². The highest BCUT2D eigenvalue weighted by Gasteiger charge is 2.09. The summed E-state index contributed by atoms with van der Waals surface area (Å²) in [7, 11) is 0. The van der Waals surface area contributed by atoms with Gasteiger partial charge in [-0.2, -0.15) is 0 Å². The molecule has 0 bridgehead atoms. The first-order chi connectivity index (χ1) is 10.1. The molecule has 1 heterocycles. The van der Waals surface area contributed by atoms with Crippen molar-refractivity contribution in [3.8, 4) is 11.6 Å². The highest BCUT2D eigenvalue weighted by atomic mass is 127. The van der Waals surface area contributed by atoms with Crippen molar-refractivity contribution in [2.45, 2.75) is 0 Å². The van der Waals surface area contributed by atoms with Gasteiger partial charge >= 0.3 is 5.97 Å². The summed E-state index contributed by atoms with van der Waals surface area (Å²) in [5, 5.41) is 9.76. The fourth-order valence-corrected chi connectivity index (χ4v) is 2.55. The van der Waals surface area contributed by atoms with Crippen LogP contribution in [0, 0.1) is 3.57 Å². The number of halogens is 1. The minimum Gasteiger partial charge on any atom is -0.478 e. The number of benzene rings is 2. The van der Waals surface area contributed by atoms with E-state index >= 15 is 0 Å². The Balaban J connectivity index is 2.00. The van der Waals surface area contributed by atoms with E-state index in [0.29, 0.717) is 22.5 Å². The third-order valence-corrected chi connectivity index (χ3v) is 3.63. The molecule has 0 saturated carbocycles. The molecule has 0 aliphatic heterocycles. The summed E-state index contributed by atoms with van der Waals surface area (Å²) in [5.41, 5.74) is 0.832. The van der Waals surface area contributed by atoms with E-state index in [0.717, 1.165) is 3.57 Å². The van der Waals surface area contributed by atoms with Crippen molar-refractivity contribution in [2.75, 3.05) is 0 Å². The highest BCUT2D eigenvalue weighted by Crippen LogP contribution is 2.25. The van der Waals surface area contributed by atoms with Gasteiger partial charge in [0.25, 0.3) is 0 Å². The molecular formula is C16H10INO3. The van der Waals surface area contributed by atoms with Gasteiger partial charge in [-0.25, -0.2) is 9.78 Å². The second-order valence-electron chi connectivity index (χ2n) is 4.39. The average Bonchev–Trinajstić information content (AvgIpc) is 2.46. The third kappa shape index (κ3) is 2.97. The van der Waals surface area contributed by atoms with Crippen LogP contribution in [0.1, 0.15) is 10.4 Å². The molecule has 2 aromatic carbocycles. The molecule has 1 N–H and O–H groups in total. The molecule has 3 rings (SSSR count). The largest absolute Gasteiger partial charge is 0.478 e. The van der Waals surface area contributed by atoms with Gasteiger partial charge < -0.3 is 9.84 Å². The molecule has 1 aromatic heterocycles. The van der Waals surface area contributed by atoms with Gasteiger partial charge in [0.15, 0.2) is 0 Å². The first kappa shape index (κ1) is 13.8. The first-order valence-electron chi connectivity index (χ1n) is 6.20. The van der Waals surface area contributed by atoms with Crippen molar-refractivity contribution in [1.82, 2.24) is 4.98 Å². The summed E-state index contributed by atoms with van der Waals surface area (Å²) in [5.74, 6) is 0.170. The predicted octanol–water partition coefficient (Wildman–Crippen LogP) is 4.33. The van der Waals surface area contributed by atoms with Crippen molar-refractivity contribution in [1.29, 1.82) is 0 Å². The van der Waals surface area contributed by atoms with Crippen LogP contribution < -0.4 is 4.74 Å². The van der Waals surface area contributed by atoms with Gasteiger partial charge in [-0.1, -0.05) is 12.1 Å². The quantitative estimate of drug-likeness (QED) is 0.676. The number of hydrogen-bond donors (Lipinski definition) is 1. The Bertz CT molecular complexity index is 833. The van der Waals surface area contributed by atoms with Gasteiger partial charge in [-0.05, 0) is 59.0 Å².